The van der Waals surface area contributed by atoms with Gasteiger partial charge < -0.3 is 5.73 Å². The maximum Gasteiger partial charge on any atom is 0.416 e. The Hall–Kier alpha value is -1.98. The van der Waals surface area contributed by atoms with Gasteiger partial charge in [0.05, 0.1) is 5.56 Å². The molecule has 0 saturated carbocycles. The molecule has 1 unspecified atom stereocenters. The van der Waals surface area contributed by atoms with Gasteiger partial charge in [0, 0.05) is 17.2 Å². The number of alkyl halides is 3. The van der Waals surface area contributed by atoms with Crippen LogP contribution in [0.5, 0.6) is 0 Å². The van der Waals surface area contributed by atoms with Crippen molar-refractivity contribution in [2.75, 3.05) is 5.73 Å². The third-order valence-electron chi connectivity index (χ3n) is 3.76. The quantitative estimate of drug-likeness (QED) is 0.880. The Kier molecular flexibility index (Phi) is 3.98. The molecule has 0 radical (unpaired) electrons. The van der Waals surface area contributed by atoms with Crippen LogP contribution in [0.3, 0.4) is 0 Å². The third-order valence-corrected chi connectivity index (χ3v) is 3.76. The van der Waals surface area contributed by atoms with E-state index < -0.39 is 11.7 Å². The van der Waals surface area contributed by atoms with Crippen LogP contribution in [-0.2, 0) is 6.18 Å². The zero-order chi connectivity index (χ0) is 15.8. The van der Waals surface area contributed by atoms with E-state index in [0.29, 0.717) is 17.0 Å². The van der Waals surface area contributed by atoms with Gasteiger partial charge in [0.15, 0.2) is 5.82 Å². The molecule has 21 heavy (non-hydrogen) atoms. The van der Waals surface area contributed by atoms with E-state index in [2.05, 4.69) is 10.2 Å². The summed E-state index contributed by atoms with van der Waals surface area (Å²) in [7, 11) is 0. The molecule has 6 heteroatoms. The Bertz CT molecular complexity index is 629. The van der Waals surface area contributed by atoms with Crippen molar-refractivity contribution in [1.82, 2.24) is 10.2 Å². The number of nitrogens with one attached hydrogen (secondary N) is 1. The first-order valence-electron chi connectivity index (χ1n) is 6.73. The van der Waals surface area contributed by atoms with Crippen LogP contribution in [0.2, 0.25) is 0 Å². The van der Waals surface area contributed by atoms with E-state index in [9.17, 15) is 13.2 Å². The molecular formula is C15H18F3N3. The summed E-state index contributed by atoms with van der Waals surface area (Å²) in [4.78, 5) is 0. The van der Waals surface area contributed by atoms with Gasteiger partial charge in [0.1, 0.15) is 0 Å². The van der Waals surface area contributed by atoms with E-state index in [0.717, 1.165) is 17.8 Å². The summed E-state index contributed by atoms with van der Waals surface area (Å²) < 4.78 is 38.5. The topological polar surface area (TPSA) is 54.7 Å². The molecule has 0 aliphatic carbocycles. The third kappa shape index (κ3) is 3.04. The molecule has 1 heterocycles. The Morgan fingerprint density at radius 1 is 1.19 bits per heavy atom. The number of H-pyrrole nitrogens is 1. The van der Waals surface area contributed by atoms with Crippen LogP contribution in [0.4, 0.5) is 19.0 Å². The van der Waals surface area contributed by atoms with Gasteiger partial charge in [0.2, 0.25) is 0 Å². The Morgan fingerprint density at radius 2 is 1.86 bits per heavy atom. The van der Waals surface area contributed by atoms with E-state index >= 15 is 0 Å². The molecule has 0 amide bonds. The molecule has 2 aromatic rings. The lowest BCUT2D eigenvalue weighted by molar-refractivity contribution is -0.137. The lowest BCUT2D eigenvalue weighted by Gasteiger charge is -2.16. The Balaban J connectivity index is 2.55. The number of hydrogen-bond acceptors (Lipinski definition) is 2. The Labute approximate surface area is 121 Å². The van der Waals surface area contributed by atoms with Crippen molar-refractivity contribution in [2.45, 2.75) is 32.9 Å². The van der Waals surface area contributed by atoms with Gasteiger partial charge in [-0.05, 0) is 23.6 Å². The standard InChI is InChI=1S/C15H18F3N3/c1-8(2)9(3)13-12(14(19)21-20-13)10-5-4-6-11(7-10)15(16,17)18/h4-9H,1-3H3,(H3,19,20,21). The highest BCUT2D eigenvalue weighted by atomic mass is 19.4. The number of anilines is 1. The molecular weight excluding hydrogens is 279 g/mol. The molecule has 0 saturated heterocycles. The van der Waals surface area contributed by atoms with Crippen molar-refractivity contribution in [3.05, 3.63) is 35.5 Å². The van der Waals surface area contributed by atoms with Gasteiger partial charge in [-0.25, -0.2) is 0 Å². The predicted molar refractivity (Wildman–Crippen MR) is 76.7 cm³/mol. The summed E-state index contributed by atoms with van der Waals surface area (Å²) in [6.45, 7) is 6.07. The minimum Gasteiger partial charge on any atom is -0.382 e. The van der Waals surface area contributed by atoms with Crippen LogP contribution in [0, 0.1) is 5.92 Å². The van der Waals surface area contributed by atoms with Crippen molar-refractivity contribution in [1.29, 1.82) is 0 Å². The van der Waals surface area contributed by atoms with E-state index in [1.165, 1.54) is 6.07 Å². The summed E-state index contributed by atoms with van der Waals surface area (Å²) in [6, 6.07) is 5.16. The largest absolute Gasteiger partial charge is 0.416 e. The molecule has 0 spiro atoms. The van der Waals surface area contributed by atoms with E-state index in [4.69, 9.17) is 5.73 Å². The van der Waals surface area contributed by atoms with Gasteiger partial charge in [-0.1, -0.05) is 32.9 Å². The minimum atomic E-state index is -4.38. The van der Waals surface area contributed by atoms with Crippen molar-refractivity contribution >= 4 is 5.82 Å². The van der Waals surface area contributed by atoms with Crippen LogP contribution in [0.25, 0.3) is 11.1 Å². The van der Waals surface area contributed by atoms with E-state index in [-0.39, 0.29) is 11.7 Å². The summed E-state index contributed by atoms with van der Waals surface area (Å²) in [6.07, 6.45) is -4.38. The number of nitrogen functional groups attached to an aromatic ring is 1. The summed E-state index contributed by atoms with van der Waals surface area (Å²) in [5.41, 5.74) is 6.91. The number of hydrogen-bond donors (Lipinski definition) is 2. The summed E-state index contributed by atoms with van der Waals surface area (Å²) in [5.74, 6) is 0.644. The van der Waals surface area contributed by atoms with E-state index in [1.807, 2.05) is 20.8 Å². The lowest BCUT2D eigenvalue weighted by atomic mass is 9.89. The second-order valence-corrected chi connectivity index (χ2v) is 5.51. The number of nitrogens with zero attached hydrogens (tertiary/aromatic N) is 1. The fourth-order valence-electron chi connectivity index (χ4n) is 2.19. The van der Waals surface area contributed by atoms with Crippen molar-refractivity contribution in [3.8, 4) is 11.1 Å². The Morgan fingerprint density at radius 3 is 2.43 bits per heavy atom. The van der Waals surface area contributed by atoms with Crippen LogP contribution >= 0.6 is 0 Å². The minimum absolute atomic E-state index is 0.111. The van der Waals surface area contributed by atoms with Crippen molar-refractivity contribution < 1.29 is 13.2 Å². The number of nitrogens with two attached hydrogens (primary N) is 1. The monoisotopic (exact) mass is 297 g/mol. The second-order valence-electron chi connectivity index (χ2n) is 5.51. The average Bonchev–Trinajstić information content (AvgIpc) is 2.78. The number of halogens is 3. The molecule has 0 bridgehead atoms. The van der Waals surface area contributed by atoms with Crippen LogP contribution in [0.15, 0.2) is 24.3 Å². The van der Waals surface area contributed by atoms with Crippen molar-refractivity contribution in [2.24, 2.45) is 5.92 Å². The lowest BCUT2D eigenvalue weighted by Crippen LogP contribution is -2.06. The van der Waals surface area contributed by atoms with Crippen LogP contribution in [-0.4, -0.2) is 10.2 Å². The molecule has 3 nitrogen and oxygen atoms in total. The van der Waals surface area contributed by atoms with Gasteiger partial charge in [-0.2, -0.15) is 18.3 Å². The molecule has 1 aromatic carbocycles. The first-order valence-corrected chi connectivity index (χ1v) is 6.73. The number of aromatic nitrogens is 2. The maximum absolute atomic E-state index is 12.8. The fourth-order valence-corrected chi connectivity index (χ4v) is 2.19. The SMILES string of the molecule is CC(C)C(C)c1[nH]nc(N)c1-c1cccc(C(F)(F)F)c1. The fraction of sp³-hybridized carbons (Fsp3) is 0.400. The molecule has 114 valence electrons. The van der Waals surface area contributed by atoms with Crippen LogP contribution < -0.4 is 5.73 Å². The average molecular weight is 297 g/mol. The molecule has 0 aliphatic heterocycles. The first-order chi connectivity index (χ1) is 9.71. The number of aromatic amines is 1. The molecule has 1 atom stereocenters. The summed E-state index contributed by atoms with van der Waals surface area (Å²) >= 11 is 0. The molecule has 0 aliphatic rings. The highest BCUT2D eigenvalue weighted by Gasteiger charge is 2.31. The smallest absolute Gasteiger partial charge is 0.382 e. The van der Waals surface area contributed by atoms with Gasteiger partial charge in [0.25, 0.3) is 0 Å². The number of benzene rings is 1. The molecule has 3 N–H and O–H groups in total. The summed E-state index contributed by atoms with van der Waals surface area (Å²) in [5, 5.41) is 6.82. The first kappa shape index (κ1) is 15.4. The normalized spacial score (nSPS) is 13.7. The van der Waals surface area contributed by atoms with Gasteiger partial charge in [-0.15, -0.1) is 0 Å². The molecule has 2 rings (SSSR count). The van der Waals surface area contributed by atoms with Gasteiger partial charge in [-0.3, -0.25) is 5.10 Å². The highest BCUT2D eigenvalue weighted by Crippen LogP contribution is 2.38. The van der Waals surface area contributed by atoms with Gasteiger partial charge >= 0.3 is 6.18 Å². The van der Waals surface area contributed by atoms with Crippen molar-refractivity contribution in [3.63, 3.8) is 0 Å². The van der Waals surface area contributed by atoms with E-state index in [1.54, 1.807) is 6.07 Å². The number of rotatable bonds is 3. The molecule has 1 aromatic heterocycles. The highest BCUT2D eigenvalue weighted by molar-refractivity contribution is 5.77. The maximum atomic E-state index is 12.8. The zero-order valence-corrected chi connectivity index (χ0v) is 12.1. The van der Waals surface area contributed by atoms with Crippen LogP contribution in [0.1, 0.15) is 37.9 Å². The predicted octanol–water partition coefficient (Wildman–Crippen LogP) is 4.44. The zero-order valence-electron chi connectivity index (χ0n) is 12.1. The molecule has 0 fully saturated rings. The second kappa shape index (κ2) is 5.42.